The molecule has 1 aliphatic heterocycles. The number of rotatable bonds is 5. The summed E-state index contributed by atoms with van der Waals surface area (Å²) in [4.78, 5) is 8.92. The number of aryl methyl sites for hydroxylation is 2. The Morgan fingerprint density at radius 3 is 2.73 bits per heavy atom. The molecule has 8 heteroatoms. The SMILES string of the molecule is COc1cc(/C=C/c2nc3n(n2)C(c2ccc(F)c(F)c2)CCC3)ccc1-n1cnc(C)c1. The first-order chi connectivity index (χ1) is 16.0. The van der Waals surface area contributed by atoms with Crippen LogP contribution in [0.3, 0.4) is 0 Å². The zero-order chi connectivity index (χ0) is 22.9. The third-order valence-electron chi connectivity index (χ3n) is 5.84. The molecule has 6 nitrogen and oxygen atoms in total. The van der Waals surface area contributed by atoms with Crippen molar-refractivity contribution in [2.24, 2.45) is 0 Å². The van der Waals surface area contributed by atoms with Crippen LogP contribution in [0.5, 0.6) is 5.75 Å². The predicted molar refractivity (Wildman–Crippen MR) is 121 cm³/mol. The molecule has 0 bridgehead atoms. The Morgan fingerprint density at radius 1 is 1.09 bits per heavy atom. The van der Waals surface area contributed by atoms with Crippen LogP contribution in [0.1, 0.15) is 47.4 Å². The maximum Gasteiger partial charge on any atom is 0.174 e. The van der Waals surface area contributed by atoms with Crippen molar-refractivity contribution >= 4 is 12.2 Å². The highest BCUT2D eigenvalue weighted by molar-refractivity contribution is 5.69. The molecular weight excluding hydrogens is 424 g/mol. The number of imidazole rings is 1. The average molecular weight is 447 g/mol. The Morgan fingerprint density at radius 2 is 1.97 bits per heavy atom. The molecule has 1 aliphatic rings. The van der Waals surface area contributed by atoms with Crippen molar-refractivity contribution in [3.8, 4) is 11.4 Å². The molecule has 1 atom stereocenters. The van der Waals surface area contributed by atoms with Crippen LogP contribution in [0, 0.1) is 18.6 Å². The van der Waals surface area contributed by atoms with E-state index in [4.69, 9.17) is 4.74 Å². The van der Waals surface area contributed by atoms with Gasteiger partial charge >= 0.3 is 0 Å². The zero-order valence-corrected chi connectivity index (χ0v) is 18.4. The van der Waals surface area contributed by atoms with E-state index < -0.39 is 11.6 Å². The molecule has 0 saturated heterocycles. The van der Waals surface area contributed by atoms with Gasteiger partial charge in [0.2, 0.25) is 0 Å². The van der Waals surface area contributed by atoms with Crippen LogP contribution < -0.4 is 4.74 Å². The minimum atomic E-state index is -0.846. The fourth-order valence-corrected chi connectivity index (χ4v) is 4.20. The van der Waals surface area contributed by atoms with Crippen LogP contribution in [0.4, 0.5) is 8.78 Å². The van der Waals surface area contributed by atoms with Gasteiger partial charge in [-0.05, 0) is 61.2 Å². The van der Waals surface area contributed by atoms with E-state index in [0.717, 1.165) is 47.8 Å². The Hall–Kier alpha value is -3.81. The Kier molecular flexibility index (Phi) is 5.50. The summed E-state index contributed by atoms with van der Waals surface area (Å²) in [6, 6.07) is 9.79. The second-order valence-electron chi connectivity index (χ2n) is 8.10. The standard InChI is InChI=1S/C25H23F2N5O/c1-16-14-31(15-28-16)22-10-6-17(12-23(22)33-2)7-11-24-29-25-5-3-4-21(32(25)30-24)18-8-9-19(26)20(27)13-18/h6-15,21H,3-5H2,1-2H3/b11-7+. The largest absolute Gasteiger partial charge is 0.495 e. The van der Waals surface area contributed by atoms with Gasteiger partial charge in [-0.2, -0.15) is 5.10 Å². The van der Waals surface area contributed by atoms with Gasteiger partial charge in [-0.15, -0.1) is 0 Å². The topological polar surface area (TPSA) is 57.8 Å². The molecule has 0 amide bonds. The molecule has 168 valence electrons. The summed E-state index contributed by atoms with van der Waals surface area (Å²) in [6.07, 6.45) is 9.99. The number of ether oxygens (including phenoxy) is 1. The van der Waals surface area contributed by atoms with Gasteiger partial charge in [0, 0.05) is 12.6 Å². The van der Waals surface area contributed by atoms with Gasteiger partial charge in [0.05, 0.1) is 30.9 Å². The molecule has 0 fully saturated rings. The van der Waals surface area contributed by atoms with E-state index in [2.05, 4.69) is 15.1 Å². The number of hydrogen-bond acceptors (Lipinski definition) is 4. The Labute approximate surface area is 190 Å². The van der Waals surface area contributed by atoms with Crippen molar-refractivity contribution in [1.29, 1.82) is 0 Å². The van der Waals surface area contributed by atoms with E-state index in [1.54, 1.807) is 19.5 Å². The summed E-state index contributed by atoms with van der Waals surface area (Å²) in [5, 5.41) is 4.65. The van der Waals surface area contributed by atoms with Crippen LogP contribution in [-0.2, 0) is 6.42 Å². The normalized spacial score (nSPS) is 15.7. The van der Waals surface area contributed by atoms with Crippen LogP contribution in [0.2, 0.25) is 0 Å². The summed E-state index contributed by atoms with van der Waals surface area (Å²) in [5.41, 5.74) is 3.47. The minimum absolute atomic E-state index is 0.156. The molecule has 2 aromatic heterocycles. The molecule has 0 radical (unpaired) electrons. The fraction of sp³-hybridized carbons (Fsp3) is 0.240. The van der Waals surface area contributed by atoms with Gasteiger partial charge in [-0.1, -0.05) is 18.2 Å². The molecule has 33 heavy (non-hydrogen) atoms. The molecule has 5 rings (SSSR count). The van der Waals surface area contributed by atoms with Crippen molar-refractivity contribution in [1.82, 2.24) is 24.3 Å². The summed E-state index contributed by atoms with van der Waals surface area (Å²) in [6.45, 7) is 1.94. The Bertz CT molecular complexity index is 1340. The molecule has 3 heterocycles. The summed E-state index contributed by atoms with van der Waals surface area (Å²) < 4.78 is 36.5. The van der Waals surface area contributed by atoms with Crippen LogP contribution in [0.25, 0.3) is 17.8 Å². The van der Waals surface area contributed by atoms with Gasteiger partial charge < -0.3 is 9.30 Å². The van der Waals surface area contributed by atoms with Gasteiger partial charge in [0.15, 0.2) is 17.5 Å². The van der Waals surface area contributed by atoms with Crippen LogP contribution in [-0.4, -0.2) is 31.4 Å². The maximum absolute atomic E-state index is 13.8. The lowest BCUT2D eigenvalue weighted by molar-refractivity contribution is 0.408. The quantitative estimate of drug-likeness (QED) is 0.424. The summed E-state index contributed by atoms with van der Waals surface area (Å²) in [5.74, 6) is 0.460. The molecule has 1 unspecified atom stereocenters. The lowest BCUT2D eigenvalue weighted by atomic mass is 9.98. The number of fused-ring (bicyclic) bond motifs is 1. The van der Waals surface area contributed by atoms with Crippen molar-refractivity contribution < 1.29 is 13.5 Å². The lowest BCUT2D eigenvalue weighted by Crippen LogP contribution is -2.20. The predicted octanol–water partition coefficient (Wildman–Crippen LogP) is 5.16. The highest BCUT2D eigenvalue weighted by Crippen LogP contribution is 2.31. The van der Waals surface area contributed by atoms with Crippen LogP contribution in [0.15, 0.2) is 48.9 Å². The third-order valence-corrected chi connectivity index (χ3v) is 5.84. The Balaban J connectivity index is 1.41. The van der Waals surface area contributed by atoms with Gasteiger partial charge in [0.1, 0.15) is 11.6 Å². The van der Waals surface area contributed by atoms with Crippen molar-refractivity contribution in [2.75, 3.05) is 7.11 Å². The van der Waals surface area contributed by atoms with E-state index in [0.29, 0.717) is 11.4 Å². The molecule has 0 spiro atoms. The average Bonchev–Trinajstić information content (AvgIpc) is 3.45. The van der Waals surface area contributed by atoms with Gasteiger partial charge in [-0.3, -0.25) is 0 Å². The van der Waals surface area contributed by atoms with Gasteiger partial charge in [-0.25, -0.2) is 23.4 Å². The fourth-order valence-electron chi connectivity index (χ4n) is 4.20. The second-order valence-corrected chi connectivity index (χ2v) is 8.10. The number of hydrogen-bond donors (Lipinski definition) is 0. The monoisotopic (exact) mass is 447 g/mol. The van der Waals surface area contributed by atoms with Crippen molar-refractivity contribution in [3.63, 3.8) is 0 Å². The summed E-state index contributed by atoms with van der Waals surface area (Å²) in [7, 11) is 1.64. The van der Waals surface area contributed by atoms with E-state index in [1.807, 2.05) is 52.7 Å². The number of benzene rings is 2. The molecule has 4 aromatic rings. The molecule has 0 N–H and O–H groups in total. The highest BCUT2D eigenvalue weighted by atomic mass is 19.2. The zero-order valence-electron chi connectivity index (χ0n) is 18.4. The number of halogens is 2. The first-order valence-corrected chi connectivity index (χ1v) is 10.8. The van der Waals surface area contributed by atoms with E-state index in [9.17, 15) is 8.78 Å². The molecule has 0 saturated carbocycles. The van der Waals surface area contributed by atoms with Crippen molar-refractivity contribution in [2.45, 2.75) is 32.2 Å². The number of nitrogens with zero attached hydrogens (tertiary/aromatic N) is 5. The molecule has 2 aromatic carbocycles. The smallest absolute Gasteiger partial charge is 0.174 e. The summed E-state index contributed by atoms with van der Waals surface area (Å²) >= 11 is 0. The lowest BCUT2D eigenvalue weighted by Gasteiger charge is -2.23. The number of methoxy groups -OCH3 is 1. The third kappa shape index (κ3) is 4.16. The number of aromatic nitrogens is 5. The van der Waals surface area contributed by atoms with Crippen LogP contribution >= 0.6 is 0 Å². The highest BCUT2D eigenvalue weighted by Gasteiger charge is 2.25. The molecule has 0 aliphatic carbocycles. The molecular formula is C25H23F2N5O. The van der Waals surface area contributed by atoms with E-state index in [1.165, 1.54) is 12.1 Å². The second kappa shape index (κ2) is 8.61. The maximum atomic E-state index is 13.8. The van der Waals surface area contributed by atoms with Crippen molar-refractivity contribution in [3.05, 3.63) is 89.0 Å². The van der Waals surface area contributed by atoms with E-state index in [-0.39, 0.29) is 6.04 Å². The minimum Gasteiger partial charge on any atom is -0.495 e. The van der Waals surface area contributed by atoms with Gasteiger partial charge in [0.25, 0.3) is 0 Å². The van der Waals surface area contributed by atoms with E-state index >= 15 is 0 Å². The first kappa shape index (κ1) is 21.1. The first-order valence-electron chi connectivity index (χ1n) is 10.8.